The minimum atomic E-state index is -0.350. The van der Waals surface area contributed by atoms with Gasteiger partial charge in [-0.1, -0.05) is 23.7 Å². The molecule has 0 spiro atoms. The molecule has 0 aromatic heterocycles. The Morgan fingerprint density at radius 1 is 0.879 bits per heavy atom. The van der Waals surface area contributed by atoms with Crippen molar-refractivity contribution in [3.05, 3.63) is 81.9 Å². The lowest BCUT2D eigenvalue weighted by Gasteiger charge is -2.38. The van der Waals surface area contributed by atoms with E-state index in [0.29, 0.717) is 46.5 Å². The maximum Gasteiger partial charge on any atom is 0.254 e. The second-order valence-corrected chi connectivity index (χ2v) is 8.15. The van der Waals surface area contributed by atoms with Crippen molar-refractivity contribution in [1.29, 1.82) is 0 Å². The highest BCUT2D eigenvalue weighted by molar-refractivity contribution is 6.30. The van der Waals surface area contributed by atoms with Gasteiger partial charge in [0.1, 0.15) is 11.5 Å². The van der Waals surface area contributed by atoms with E-state index in [1.807, 2.05) is 41.3 Å². The Labute approximate surface area is 198 Å². The number of ether oxygens (including phenoxy) is 4. The molecule has 1 aliphatic rings. The number of nitrogens with zero attached hydrogens (tertiary/aromatic N) is 1. The van der Waals surface area contributed by atoms with Crippen LogP contribution in [0.3, 0.4) is 0 Å². The summed E-state index contributed by atoms with van der Waals surface area (Å²) in [7, 11) is 6.35. The summed E-state index contributed by atoms with van der Waals surface area (Å²) in [5.41, 5.74) is 3.48. The lowest BCUT2D eigenvalue weighted by atomic mass is 9.87. The topological polar surface area (TPSA) is 57.2 Å². The Morgan fingerprint density at radius 3 is 2.15 bits per heavy atom. The molecule has 6 nitrogen and oxygen atoms in total. The first-order valence-corrected chi connectivity index (χ1v) is 10.9. The normalized spacial score (nSPS) is 14.9. The lowest BCUT2D eigenvalue weighted by molar-refractivity contribution is 0.0693. The molecule has 1 unspecified atom stereocenters. The second kappa shape index (κ2) is 9.63. The smallest absolute Gasteiger partial charge is 0.254 e. The molecule has 7 heteroatoms. The van der Waals surface area contributed by atoms with Gasteiger partial charge in [0.25, 0.3) is 5.91 Å². The van der Waals surface area contributed by atoms with Crippen LogP contribution in [-0.4, -0.2) is 45.8 Å². The van der Waals surface area contributed by atoms with Crippen molar-refractivity contribution in [3.63, 3.8) is 0 Å². The van der Waals surface area contributed by atoms with Gasteiger partial charge in [0.15, 0.2) is 11.5 Å². The molecule has 0 saturated carbocycles. The summed E-state index contributed by atoms with van der Waals surface area (Å²) in [5.74, 6) is 2.26. The minimum Gasteiger partial charge on any atom is -0.497 e. The molecule has 1 atom stereocenters. The molecule has 33 heavy (non-hydrogen) atoms. The highest BCUT2D eigenvalue weighted by Gasteiger charge is 2.34. The van der Waals surface area contributed by atoms with Gasteiger partial charge < -0.3 is 23.8 Å². The maximum atomic E-state index is 13.8. The molecule has 0 radical (unpaired) electrons. The molecular formula is C26H26ClNO5. The van der Waals surface area contributed by atoms with Crippen molar-refractivity contribution in [2.45, 2.75) is 12.5 Å². The number of carbonyl (C=O) groups is 1. The molecule has 0 saturated heterocycles. The van der Waals surface area contributed by atoms with E-state index in [-0.39, 0.29) is 11.9 Å². The fourth-order valence-corrected chi connectivity index (χ4v) is 4.50. The van der Waals surface area contributed by atoms with Crippen molar-refractivity contribution in [2.75, 3.05) is 35.0 Å². The monoisotopic (exact) mass is 467 g/mol. The van der Waals surface area contributed by atoms with Gasteiger partial charge in [0, 0.05) is 23.2 Å². The fourth-order valence-electron chi connectivity index (χ4n) is 4.30. The summed E-state index contributed by atoms with van der Waals surface area (Å²) in [6, 6.07) is 16.4. The zero-order chi connectivity index (χ0) is 23.5. The van der Waals surface area contributed by atoms with Gasteiger partial charge in [-0.3, -0.25) is 4.79 Å². The first kappa shape index (κ1) is 22.8. The van der Waals surface area contributed by atoms with E-state index < -0.39 is 0 Å². The van der Waals surface area contributed by atoms with Gasteiger partial charge >= 0.3 is 0 Å². The number of benzene rings is 3. The highest BCUT2D eigenvalue weighted by atomic mass is 35.5. The van der Waals surface area contributed by atoms with Crippen LogP contribution in [0.2, 0.25) is 5.02 Å². The number of carbonyl (C=O) groups excluding carboxylic acids is 1. The first-order valence-electron chi connectivity index (χ1n) is 10.5. The zero-order valence-electron chi connectivity index (χ0n) is 19.1. The lowest BCUT2D eigenvalue weighted by Crippen LogP contribution is -2.40. The quantitative estimate of drug-likeness (QED) is 0.501. The predicted octanol–water partition coefficient (Wildman–Crippen LogP) is 5.16. The van der Waals surface area contributed by atoms with Gasteiger partial charge in [-0.25, -0.2) is 0 Å². The van der Waals surface area contributed by atoms with Crippen molar-refractivity contribution in [1.82, 2.24) is 4.90 Å². The molecule has 0 bridgehead atoms. The van der Waals surface area contributed by atoms with Crippen molar-refractivity contribution < 1.29 is 23.7 Å². The number of methoxy groups -OCH3 is 4. The summed E-state index contributed by atoms with van der Waals surface area (Å²) in [6.07, 6.45) is 0.680. The molecule has 4 rings (SSSR count). The second-order valence-electron chi connectivity index (χ2n) is 7.71. The van der Waals surface area contributed by atoms with Crippen LogP contribution < -0.4 is 18.9 Å². The molecule has 0 aliphatic carbocycles. The summed E-state index contributed by atoms with van der Waals surface area (Å²) < 4.78 is 21.8. The Hall–Kier alpha value is -3.38. The average Bonchev–Trinajstić information content (AvgIpc) is 2.86. The third kappa shape index (κ3) is 4.44. The first-order chi connectivity index (χ1) is 16.0. The van der Waals surface area contributed by atoms with E-state index in [2.05, 4.69) is 0 Å². The van der Waals surface area contributed by atoms with Crippen LogP contribution >= 0.6 is 11.6 Å². The summed E-state index contributed by atoms with van der Waals surface area (Å²) in [5, 5.41) is 0.607. The van der Waals surface area contributed by atoms with Gasteiger partial charge in [-0.05, 0) is 59.5 Å². The van der Waals surface area contributed by atoms with Crippen LogP contribution in [0.15, 0.2) is 54.6 Å². The van der Waals surface area contributed by atoms with Crippen LogP contribution in [0.1, 0.15) is 33.1 Å². The van der Waals surface area contributed by atoms with Crippen molar-refractivity contribution in [2.24, 2.45) is 0 Å². The number of fused-ring (bicyclic) bond motifs is 1. The molecule has 1 heterocycles. The molecule has 3 aromatic rings. The third-order valence-electron chi connectivity index (χ3n) is 5.90. The van der Waals surface area contributed by atoms with E-state index in [1.54, 1.807) is 46.6 Å². The van der Waals surface area contributed by atoms with Crippen LogP contribution in [0.5, 0.6) is 23.0 Å². The van der Waals surface area contributed by atoms with E-state index in [4.69, 9.17) is 30.5 Å². The molecule has 1 aliphatic heterocycles. The minimum absolute atomic E-state index is 0.127. The summed E-state index contributed by atoms with van der Waals surface area (Å²) >= 11 is 6.34. The Bertz CT molecular complexity index is 1160. The van der Waals surface area contributed by atoms with Crippen LogP contribution in [0, 0.1) is 0 Å². The highest BCUT2D eigenvalue weighted by Crippen LogP contribution is 2.42. The Morgan fingerprint density at radius 2 is 1.55 bits per heavy atom. The largest absolute Gasteiger partial charge is 0.497 e. The summed E-state index contributed by atoms with van der Waals surface area (Å²) in [4.78, 5) is 15.7. The molecule has 0 fully saturated rings. The van der Waals surface area contributed by atoms with Gasteiger partial charge in [0.2, 0.25) is 0 Å². The SMILES string of the molecule is COc1cc(OC)cc(C(=O)N2CCc3cc(OC)c(OC)cc3C2c2cccc(Cl)c2)c1. The van der Waals surface area contributed by atoms with Gasteiger partial charge in [-0.15, -0.1) is 0 Å². The van der Waals surface area contributed by atoms with Crippen LogP contribution in [0.4, 0.5) is 0 Å². The maximum absolute atomic E-state index is 13.8. The van der Waals surface area contributed by atoms with Gasteiger partial charge in [0.05, 0.1) is 34.5 Å². The average molecular weight is 468 g/mol. The molecule has 0 N–H and O–H groups in total. The summed E-state index contributed by atoms with van der Waals surface area (Å²) in [6.45, 7) is 0.526. The molecule has 3 aromatic carbocycles. The Balaban J connectivity index is 1.86. The van der Waals surface area contributed by atoms with E-state index in [1.165, 1.54) is 0 Å². The van der Waals surface area contributed by atoms with Crippen LogP contribution in [-0.2, 0) is 6.42 Å². The standard InChI is InChI=1S/C26H26ClNO5/c1-30-20-11-18(12-21(14-20)31-2)26(29)28-9-8-16-13-23(32-3)24(33-4)15-22(16)25(28)17-6-5-7-19(27)10-17/h5-7,10-15,25H,8-9H2,1-4H3. The van der Waals surface area contributed by atoms with Crippen LogP contribution in [0.25, 0.3) is 0 Å². The number of rotatable bonds is 6. The fraction of sp³-hybridized carbons (Fsp3) is 0.269. The van der Waals surface area contributed by atoms with E-state index in [0.717, 1.165) is 16.7 Å². The van der Waals surface area contributed by atoms with E-state index >= 15 is 0 Å². The number of hydrogen-bond acceptors (Lipinski definition) is 5. The third-order valence-corrected chi connectivity index (χ3v) is 6.13. The van der Waals surface area contributed by atoms with Gasteiger partial charge in [-0.2, -0.15) is 0 Å². The number of amides is 1. The Kier molecular flexibility index (Phi) is 6.65. The van der Waals surface area contributed by atoms with Crippen molar-refractivity contribution >= 4 is 17.5 Å². The predicted molar refractivity (Wildman–Crippen MR) is 127 cm³/mol. The number of halogens is 1. The number of hydrogen-bond donors (Lipinski definition) is 0. The molecular weight excluding hydrogens is 442 g/mol. The van der Waals surface area contributed by atoms with Crippen molar-refractivity contribution in [3.8, 4) is 23.0 Å². The van der Waals surface area contributed by atoms with E-state index in [9.17, 15) is 4.79 Å². The molecule has 1 amide bonds. The zero-order valence-corrected chi connectivity index (χ0v) is 19.8. The molecule has 172 valence electrons.